The van der Waals surface area contributed by atoms with Gasteiger partial charge in [-0.1, -0.05) is 6.07 Å². The fourth-order valence-corrected chi connectivity index (χ4v) is 4.78. The van der Waals surface area contributed by atoms with E-state index in [2.05, 4.69) is 20.5 Å². The number of carbonyl (C=O) groups is 2. The third-order valence-electron chi connectivity index (χ3n) is 5.56. The number of pyridine rings is 1. The molecule has 2 aliphatic rings. The van der Waals surface area contributed by atoms with Crippen LogP contribution in [0.3, 0.4) is 0 Å². The minimum Gasteiger partial charge on any atom is -0.378 e. The van der Waals surface area contributed by atoms with Crippen LogP contribution < -0.4 is 20.3 Å². The Morgan fingerprint density at radius 3 is 2.43 bits per heavy atom. The maximum atomic E-state index is 12.6. The quantitative estimate of drug-likeness (QED) is 0.380. The predicted molar refractivity (Wildman–Crippen MR) is 133 cm³/mol. The summed E-state index contributed by atoms with van der Waals surface area (Å²) in [6, 6.07) is 11.0. The van der Waals surface area contributed by atoms with E-state index < -0.39 is 16.2 Å². The van der Waals surface area contributed by atoms with E-state index in [-0.39, 0.29) is 5.78 Å². The highest BCUT2D eigenvalue weighted by Gasteiger charge is 2.25. The Labute approximate surface area is 204 Å². The zero-order valence-corrected chi connectivity index (χ0v) is 20.0. The summed E-state index contributed by atoms with van der Waals surface area (Å²) < 4.78 is 33.2. The minimum atomic E-state index is -3.92. The van der Waals surface area contributed by atoms with Crippen LogP contribution in [0.4, 0.5) is 16.3 Å². The molecule has 12 heteroatoms. The number of piperazine rings is 1. The lowest BCUT2D eigenvalue weighted by Crippen LogP contribution is -2.52. The molecule has 3 heterocycles. The third-order valence-corrected chi connectivity index (χ3v) is 7.05. The third kappa shape index (κ3) is 6.85. The number of ether oxygens (including phenoxy) is 1. The average molecular weight is 501 g/mol. The van der Waals surface area contributed by atoms with Crippen molar-refractivity contribution in [2.75, 3.05) is 62.7 Å². The van der Waals surface area contributed by atoms with Crippen molar-refractivity contribution in [3.05, 3.63) is 59.8 Å². The Kier molecular flexibility index (Phi) is 8.08. The normalized spacial score (nSPS) is 17.3. The number of anilines is 2. The molecule has 0 bridgehead atoms. The smallest absolute Gasteiger partial charge is 0.333 e. The lowest BCUT2D eigenvalue weighted by molar-refractivity contribution is 0.104. The highest BCUT2D eigenvalue weighted by atomic mass is 32.2. The van der Waals surface area contributed by atoms with Gasteiger partial charge in [0.15, 0.2) is 5.78 Å². The van der Waals surface area contributed by atoms with E-state index in [0.717, 1.165) is 18.9 Å². The predicted octanol–water partition coefficient (Wildman–Crippen LogP) is 1.09. The van der Waals surface area contributed by atoms with Crippen LogP contribution in [-0.4, -0.2) is 82.0 Å². The molecule has 0 unspecified atom stereocenters. The van der Waals surface area contributed by atoms with Crippen molar-refractivity contribution >= 4 is 39.6 Å². The zero-order valence-electron chi connectivity index (χ0n) is 19.1. The SMILES string of the molecule is O=C(Nc1ccc(C(=O)C=Cc2cccc(N3CCOCC3)n2)cc1)NS(=O)(=O)N1CCNCC1. The van der Waals surface area contributed by atoms with E-state index >= 15 is 0 Å². The fraction of sp³-hybridized carbons (Fsp3) is 0.348. The van der Waals surface area contributed by atoms with Crippen molar-refractivity contribution in [3.63, 3.8) is 0 Å². The monoisotopic (exact) mass is 500 g/mol. The van der Waals surface area contributed by atoms with E-state index in [9.17, 15) is 18.0 Å². The van der Waals surface area contributed by atoms with Crippen LogP contribution in [0.2, 0.25) is 0 Å². The van der Waals surface area contributed by atoms with Crippen molar-refractivity contribution in [1.82, 2.24) is 19.3 Å². The largest absolute Gasteiger partial charge is 0.378 e. The van der Waals surface area contributed by atoms with E-state index in [0.29, 0.717) is 56.3 Å². The Morgan fingerprint density at radius 2 is 1.71 bits per heavy atom. The first-order chi connectivity index (χ1) is 16.9. The van der Waals surface area contributed by atoms with Gasteiger partial charge in [0, 0.05) is 50.5 Å². The molecule has 0 radical (unpaired) electrons. The highest BCUT2D eigenvalue weighted by Crippen LogP contribution is 2.15. The molecule has 1 aromatic heterocycles. The summed E-state index contributed by atoms with van der Waals surface area (Å²) in [5.41, 5.74) is 1.45. The fourth-order valence-electron chi connectivity index (χ4n) is 3.70. The molecule has 0 atom stereocenters. The van der Waals surface area contributed by atoms with Gasteiger partial charge in [-0.3, -0.25) is 4.79 Å². The number of nitrogens with one attached hydrogen (secondary N) is 3. The number of aromatic nitrogens is 1. The Balaban J connectivity index is 1.32. The van der Waals surface area contributed by atoms with Gasteiger partial charge in [0.1, 0.15) is 5.82 Å². The van der Waals surface area contributed by atoms with Crippen molar-refractivity contribution in [1.29, 1.82) is 0 Å². The van der Waals surface area contributed by atoms with Gasteiger partial charge in [-0.05, 0) is 48.6 Å². The summed E-state index contributed by atoms with van der Waals surface area (Å²) in [5.74, 6) is 0.622. The van der Waals surface area contributed by atoms with E-state index in [1.54, 1.807) is 18.2 Å². The lowest BCUT2D eigenvalue weighted by atomic mass is 10.1. The maximum absolute atomic E-state index is 12.6. The number of amides is 2. The van der Waals surface area contributed by atoms with Crippen molar-refractivity contribution < 1.29 is 22.7 Å². The molecule has 2 aliphatic heterocycles. The molecule has 2 fully saturated rings. The van der Waals surface area contributed by atoms with Gasteiger partial charge in [-0.25, -0.2) is 14.5 Å². The molecule has 2 amide bonds. The van der Waals surface area contributed by atoms with Crippen LogP contribution in [0.15, 0.2) is 48.5 Å². The first kappa shape index (κ1) is 24.8. The van der Waals surface area contributed by atoms with E-state index in [1.165, 1.54) is 22.5 Å². The molecule has 0 saturated carbocycles. The summed E-state index contributed by atoms with van der Waals surface area (Å²) >= 11 is 0. The molecule has 1 aromatic carbocycles. The molecule has 11 nitrogen and oxygen atoms in total. The Hall–Kier alpha value is -3.32. The molecule has 4 rings (SSSR count). The highest BCUT2D eigenvalue weighted by molar-refractivity contribution is 7.87. The topological polar surface area (TPSA) is 133 Å². The Morgan fingerprint density at radius 1 is 1.00 bits per heavy atom. The molecule has 2 saturated heterocycles. The second-order valence-corrected chi connectivity index (χ2v) is 9.68. The zero-order chi connectivity index (χ0) is 24.7. The first-order valence-corrected chi connectivity index (χ1v) is 12.8. The van der Waals surface area contributed by atoms with Crippen LogP contribution in [0.1, 0.15) is 16.1 Å². The van der Waals surface area contributed by atoms with Gasteiger partial charge in [0.05, 0.1) is 18.9 Å². The number of benzene rings is 1. The molecule has 0 spiro atoms. The van der Waals surface area contributed by atoms with Crippen molar-refractivity contribution in [3.8, 4) is 0 Å². The van der Waals surface area contributed by atoms with E-state index in [1.807, 2.05) is 22.9 Å². The Bertz CT molecular complexity index is 1170. The summed E-state index contributed by atoms with van der Waals surface area (Å²) in [5, 5.41) is 5.53. The summed E-state index contributed by atoms with van der Waals surface area (Å²) in [7, 11) is -3.92. The standard InChI is InChI=1S/C23H28N6O5S/c30-21(9-8-19-2-1-3-22(25-19)28-14-16-34-17-15-28)18-4-6-20(7-5-18)26-23(31)27-35(32,33)29-12-10-24-11-13-29/h1-9,24H,10-17H2,(H2,26,27,31). The van der Waals surface area contributed by atoms with E-state index in [4.69, 9.17) is 4.74 Å². The van der Waals surface area contributed by atoms with Gasteiger partial charge in [-0.15, -0.1) is 0 Å². The number of rotatable bonds is 7. The molecular formula is C23H28N6O5S. The van der Waals surface area contributed by atoms with Gasteiger partial charge < -0.3 is 20.3 Å². The number of hydrogen-bond acceptors (Lipinski definition) is 8. The minimum absolute atomic E-state index is 0.221. The number of carbonyl (C=O) groups excluding carboxylic acids is 2. The molecule has 35 heavy (non-hydrogen) atoms. The number of morpholine rings is 1. The number of hydrogen-bond donors (Lipinski definition) is 3. The summed E-state index contributed by atoms with van der Waals surface area (Å²) in [4.78, 5) is 31.5. The van der Waals surface area contributed by atoms with Gasteiger partial charge >= 0.3 is 16.2 Å². The molecule has 2 aromatic rings. The van der Waals surface area contributed by atoms with Crippen LogP contribution in [0, 0.1) is 0 Å². The average Bonchev–Trinajstić information content (AvgIpc) is 2.88. The van der Waals surface area contributed by atoms with Crippen LogP contribution >= 0.6 is 0 Å². The van der Waals surface area contributed by atoms with Gasteiger partial charge in [-0.2, -0.15) is 12.7 Å². The van der Waals surface area contributed by atoms with Gasteiger partial charge in [0.25, 0.3) is 0 Å². The molecule has 0 aliphatic carbocycles. The van der Waals surface area contributed by atoms with Crippen LogP contribution in [-0.2, 0) is 14.9 Å². The number of urea groups is 1. The maximum Gasteiger partial charge on any atom is 0.333 e. The second-order valence-electron chi connectivity index (χ2n) is 8.01. The summed E-state index contributed by atoms with van der Waals surface area (Å²) in [6.45, 7) is 4.53. The number of allylic oxidation sites excluding steroid dienone is 1. The first-order valence-electron chi connectivity index (χ1n) is 11.3. The van der Waals surface area contributed by atoms with Gasteiger partial charge in [0.2, 0.25) is 0 Å². The second kappa shape index (κ2) is 11.4. The summed E-state index contributed by atoms with van der Waals surface area (Å²) in [6.07, 6.45) is 3.10. The number of ketones is 1. The molecule has 186 valence electrons. The molecule has 3 N–H and O–H groups in total. The van der Waals surface area contributed by atoms with Crippen molar-refractivity contribution in [2.45, 2.75) is 0 Å². The lowest BCUT2D eigenvalue weighted by Gasteiger charge is -2.27. The van der Waals surface area contributed by atoms with Crippen molar-refractivity contribution in [2.24, 2.45) is 0 Å². The van der Waals surface area contributed by atoms with Crippen LogP contribution in [0.5, 0.6) is 0 Å². The molecular weight excluding hydrogens is 472 g/mol. The number of nitrogens with zero attached hydrogens (tertiary/aromatic N) is 3. The van der Waals surface area contributed by atoms with Crippen LogP contribution in [0.25, 0.3) is 6.08 Å².